The summed E-state index contributed by atoms with van der Waals surface area (Å²) in [6, 6.07) is -5.66. The summed E-state index contributed by atoms with van der Waals surface area (Å²) in [7, 11) is 0. The van der Waals surface area contributed by atoms with Crippen LogP contribution in [0.5, 0.6) is 0 Å². The van der Waals surface area contributed by atoms with Gasteiger partial charge in [0.2, 0.25) is 17.7 Å². The van der Waals surface area contributed by atoms with E-state index in [-0.39, 0.29) is 5.75 Å². The SMILES string of the molecule is CC(=O)NC1C(O)[C@H](O[C@@H]2OC(CO)[C@@H](O)C(O)C2NC(=O)[C@H](CS)NC(C)=O)C(CO)O[C@H]1O[C@@H]1C(CO)O[C@@H](O)C(N)C1O. The van der Waals surface area contributed by atoms with Crippen molar-refractivity contribution in [3.8, 4) is 0 Å². The lowest BCUT2D eigenvalue weighted by Crippen LogP contribution is -2.71. The van der Waals surface area contributed by atoms with E-state index in [0.717, 1.165) is 13.8 Å². The van der Waals surface area contributed by atoms with E-state index in [1.54, 1.807) is 0 Å². The minimum atomic E-state index is -1.82. The zero-order valence-electron chi connectivity index (χ0n) is 24.9. The molecular weight excluding hydrogens is 644 g/mol. The van der Waals surface area contributed by atoms with Gasteiger partial charge < -0.3 is 86.2 Å². The van der Waals surface area contributed by atoms with Crippen LogP contribution in [0.3, 0.4) is 0 Å². The van der Waals surface area contributed by atoms with Crippen LogP contribution >= 0.6 is 12.6 Å². The number of aliphatic hydroxyl groups is 8. The number of hydrogen-bond acceptors (Lipinski definition) is 18. The van der Waals surface area contributed by atoms with Gasteiger partial charge in [-0.3, -0.25) is 14.4 Å². The van der Waals surface area contributed by atoms with Gasteiger partial charge in [-0.15, -0.1) is 0 Å². The van der Waals surface area contributed by atoms with E-state index in [2.05, 4.69) is 28.6 Å². The molecule has 46 heavy (non-hydrogen) atoms. The molecule has 3 amide bonds. The Balaban J connectivity index is 1.90. The fraction of sp³-hybridized carbons (Fsp3) is 0.880. The molecular formula is C25H44N4O16S. The molecule has 0 radical (unpaired) electrons. The van der Waals surface area contributed by atoms with Crippen molar-refractivity contribution in [2.24, 2.45) is 5.73 Å². The minimum absolute atomic E-state index is 0.161. The van der Waals surface area contributed by atoms with Crippen molar-refractivity contribution in [1.82, 2.24) is 16.0 Å². The second kappa shape index (κ2) is 17.0. The lowest BCUT2D eigenvalue weighted by atomic mass is 9.93. The first-order chi connectivity index (χ1) is 21.7. The van der Waals surface area contributed by atoms with E-state index in [0.29, 0.717) is 0 Å². The predicted molar refractivity (Wildman–Crippen MR) is 152 cm³/mol. The highest BCUT2D eigenvalue weighted by atomic mass is 32.1. The van der Waals surface area contributed by atoms with Crippen molar-refractivity contribution in [2.75, 3.05) is 25.6 Å². The quantitative estimate of drug-likeness (QED) is 0.0847. The summed E-state index contributed by atoms with van der Waals surface area (Å²) in [5.74, 6) is -2.28. The molecule has 21 heteroatoms. The van der Waals surface area contributed by atoms with Crippen molar-refractivity contribution in [3.05, 3.63) is 0 Å². The van der Waals surface area contributed by atoms with Crippen LogP contribution in [0, 0.1) is 0 Å². The lowest BCUT2D eigenvalue weighted by molar-refractivity contribution is -0.351. The normalized spacial score (nSPS) is 42.1. The summed E-state index contributed by atoms with van der Waals surface area (Å²) in [5, 5.41) is 90.2. The fourth-order valence-electron chi connectivity index (χ4n) is 5.38. The monoisotopic (exact) mass is 688 g/mol. The van der Waals surface area contributed by atoms with E-state index >= 15 is 0 Å². The number of nitrogens with one attached hydrogen (secondary N) is 3. The van der Waals surface area contributed by atoms with E-state index in [1.807, 2.05) is 0 Å². The Labute approximate surface area is 268 Å². The van der Waals surface area contributed by atoms with Gasteiger partial charge in [-0.2, -0.15) is 12.6 Å². The topological polar surface area (TPSA) is 321 Å². The van der Waals surface area contributed by atoms with E-state index in [1.165, 1.54) is 0 Å². The average molecular weight is 689 g/mol. The van der Waals surface area contributed by atoms with Crippen molar-refractivity contribution in [1.29, 1.82) is 0 Å². The Morgan fingerprint density at radius 2 is 1.24 bits per heavy atom. The summed E-state index contributed by atoms with van der Waals surface area (Å²) < 4.78 is 28.3. The first-order valence-corrected chi connectivity index (χ1v) is 15.0. The Morgan fingerprint density at radius 1 is 0.739 bits per heavy atom. The van der Waals surface area contributed by atoms with Gasteiger partial charge >= 0.3 is 0 Å². The Hall–Kier alpha value is -1.80. The first-order valence-electron chi connectivity index (χ1n) is 14.4. The third-order valence-corrected chi connectivity index (χ3v) is 8.16. The highest BCUT2D eigenvalue weighted by Crippen LogP contribution is 2.32. The van der Waals surface area contributed by atoms with Gasteiger partial charge in [0.25, 0.3) is 0 Å². The highest BCUT2D eigenvalue weighted by Gasteiger charge is 2.54. The maximum Gasteiger partial charge on any atom is 0.243 e. The molecule has 0 aromatic rings. The Bertz CT molecular complexity index is 1030. The van der Waals surface area contributed by atoms with Gasteiger partial charge in [-0.25, -0.2) is 0 Å². The molecule has 3 saturated heterocycles. The maximum atomic E-state index is 13.0. The number of carbonyl (C=O) groups excluding carboxylic acids is 3. The van der Waals surface area contributed by atoms with Gasteiger partial charge in [-0.05, 0) is 0 Å². The molecule has 13 N–H and O–H groups in total. The number of hydrogen-bond donors (Lipinski definition) is 13. The number of aliphatic hydroxyl groups excluding tert-OH is 8. The molecule has 3 heterocycles. The number of amides is 3. The van der Waals surface area contributed by atoms with Gasteiger partial charge in [0.1, 0.15) is 73.1 Å². The van der Waals surface area contributed by atoms with Gasteiger partial charge in [0.05, 0.1) is 25.9 Å². The maximum absolute atomic E-state index is 13.0. The molecule has 20 nitrogen and oxygen atoms in total. The van der Waals surface area contributed by atoms with Crippen LogP contribution in [0.1, 0.15) is 13.8 Å². The Morgan fingerprint density at radius 3 is 1.74 bits per heavy atom. The summed E-state index contributed by atoms with van der Waals surface area (Å²) in [4.78, 5) is 36.6. The largest absolute Gasteiger partial charge is 0.394 e. The zero-order valence-corrected chi connectivity index (χ0v) is 25.8. The number of rotatable bonds is 12. The first kappa shape index (κ1) is 38.6. The van der Waals surface area contributed by atoms with Gasteiger partial charge in [-0.1, -0.05) is 0 Å². The lowest BCUT2D eigenvalue weighted by Gasteiger charge is -2.49. The second-order valence-corrected chi connectivity index (χ2v) is 11.5. The molecule has 3 fully saturated rings. The van der Waals surface area contributed by atoms with E-state index in [9.17, 15) is 55.2 Å². The Kier molecular flexibility index (Phi) is 14.3. The van der Waals surface area contributed by atoms with Crippen LogP contribution in [0.2, 0.25) is 0 Å². The van der Waals surface area contributed by atoms with Crippen LogP contribution in [-0.4, -0.2) is 182 Å². The summed E-state index contributed by atoms with van der Waals surface area (Å²) in [5.41, 5.74) is 5.77. The molecule has 3 rings (SSSR count). The van der Waals surface area contributed by atoms with Crippen molar-refractivity contribution >= 4 is 30.4 Å². The molecule has 0 aliphatic carbocycles. The standard InChI is InChI=1S/C25H44N4O16S/c1-7(33)27-9(6-46)22(39)29-14-18(37)16(35)10(3-30)42-24(14)45-21-12(5-32)43-25(15(19(21)38)28-8(2)34)44-20-11(4-31)41-23(40)13(26)17(20)36/h9-21,23-25,30-32,35-38,40,46H,3-6,26H2,1-2H3,(H,27,33)(H,28,34)(H,29,39)/t9-,10?,11?,12?,13?,14?,15?,16+,17?,18?,19?,20+,21+,23+,24-,25-/m0/s1. The van der Waals surface area contributed by atoms with Crippen LogP contribution in [0.15, 0.2) is 0 Å². The average Bonchev–Trinajstić information content (AvgIpc) is 3.01. The van der Waals surface area contributed by atoms with Crippen LogP contribution in [0.4, 0.5) is 0 Å². The summed E-state index contributed by atoms with van der Waals surface area (Å²) in [6.45, 7) is -0.150. The smallest absolute Gasteiger partial charge is 0.243 e. The van der Waals surface area contributed by atoms with Crippen molar-refractivity contribution in [2.45, 2.75) is 112 Å². The minimum Gasteiger partial charge on any atom is -0.394 e. The zero-order chi connectivity index (χ0) is 34.5. The number of ether oxygens (including phenoxy) is 5. The van der Waals surface area contributed by atoms with Crippen molar-refractivity contribution in [3.63, 3.8) is 0 Å². The molecule has 16 atom stereocenters. The number of thiol groups is 1. The molecule has 0 saturated carbocycles. The van der Waals surface area contributed by atoms with Gasteiger partial charge in [0, 0.05) is 19.6 Å². The molecule has 0 bridgehead atoms. The van der Waals surface area contributed by atoms with Crippen molar-refractivity contribution < 1.29 is 78.9 Å². The molecule has 3 aliphatic rings. The highest BCUT2D eigenvalue weighted by molar-refractivity contribution is 7.80. The molecule has 0 spiro atoms. The fourth-order valence-corrected chi connectivity index (χ4v) is 5.63. The molecule has 266 valence electrons. The molecule has 0 aromatic carbocycles. The van der Waals surface area contributed by atoms with Crippen LogP contribution < -0.4 is 21.7 Å². The van der Waals surface area contributed by atoms with E-state index < -0.39 is 136 Å². The third kappa shape index (κ3) is 8.80. The molecule has 3 aliphatic heterocycles. The number of nitrogens with two attached hydrogens (primary N) is 1. The molecule has 0 aromatic heterocycles. The van der Waals surface area contributed by atoms with E-state index in [4.69, 9.17) is 29.4 Å². The summed E-state index contributed by atoms with van der Waals surface area (Å²) in [6.07, 6.45) is -19.4. The van der Waals surface area contributed by atoms with Crippen LogP contribution in [-0.2, 0) is 38.1 Å². The molecule has 9 unspecified atom stereocenters. The van der Waals surface area contributed by atoms with Crippen LogP contribution in [0.25, 0.3) is 0 Å². The number of carbonyl (C=O) groups is 3. The summed E-state index contributed by atoms with van der Waals surface area (Å²) >= 11 is 4.04. The second-order valence-electron chi connectivity index (χ2n) is 11.1. The third-order valence-electron chi connectivity index (χ3n) is 7.79. The van der Waals surface area contributed by atoms with Gasteiger partial charge in [0.15, 0.2) is 18.9 Å². The predicted octanol–water partition coefficient (Wildman–Crippen LogP) is -7.90.